The SMILES string of the molecule is ClCCCCCCNc1ncc(Br)cc1Cl. The Morgan fingerprint density at radius 2 is 2.00 bits per heavy atom. The Kier molecular flexibility index (Phi) is 7.17. The molecule has 0 saturated carbocycles. The van der Waals surface area contributed by atoms with E-state index < -0.39 is 0 Å². The second-order valence-electron chi connectivity index (χ2n) is 3.51. The molecule has 1 aromatic rings. The Labute approximate surface area is 115 Å². The number of alkyl halides is 1. The van der Waals surface area contributed by atoms with E-state index in [0.29, 0.717) is 5.02 Å². The topological polar surface area (TPSA) is 24.9 Å². The summed E-state index contributed by atoms with van der Waals surface area (Å²) in [7, 11) is 0. The molecule has 1 N–H and O–H groups in total. The number of hydrogen-bond donors (Lipinski definition) is 1. The number of aromatic nitrogens is 1. The van der Waals surface area contributed by atoms with Crippen molar-refractivity contribution in [2.75, 3.05) is 17.7 Å². The van der Waals surface area contributed by atoms with Crippen molar-refractivity contribution in [3.8, 4) is 0 Å². The zero-order valence-corrected chi connectivity index (χ0v) is 12.1. The first-order valence-corrected chi connectivity index (χ1v) is 7.05. The van der Waals surface area contributed by atoms with Gasteiger partial charge in [0.1, 0.15) is 5.82 Å². The molecular weight excluding hydrogens is 311 g/mol. The minimum atomic E-state index is 0.648. The van der Waals surface area contributed by atoms with Gasteiger partial charge in [-0.3, -0.25) is 0 Å². The van der Waals surface area contributed by atoms with E-state index in [1.54, 1.807) is 6.20 Å². The largest absolute Gasteiger partial charge is 0.369 e. The average molecular weight is 326 g/mol. The smallest absolute Gasteiger partial charge is 0.144 e. The molecule has 1 heterocycles. The van der Waals surface area contributed by atoms with E-state index in [1.165, 1.54) is 12.8 Å². The molecule has 1 aromatic heterocycles. The highest BCUT2D eigenvalue weighted by Crippen LogP contribution is 2.22. The van der Waals surface area contributed by atoms with Crippen LogP contribution in [0.15, 0.2) is 16.7 Å². The summed E-state index contributed by atoms with van der Waals surface area (Å²) in [5, 5.41) is 3.87. The fourth-order valence-corrected chi connectivity index (χ4v) is 2.21. The van der Waals surface area contributed by atoms with Gasteiger partial charge in [0, 0.05) is 23.1 Å². The first-order chi connectivity index (χ1) is 7.74. The zero-order chi connectivity index (χ0) is 11.8. The lowest BCUT2D eigenvalue weighted by atomic mass is 10.2. The Morgan fingerprint density at radius 3 is 2.69 bits per heavy atom. The summed E-state index contributed by atoms with van der Waals surface area (Å²) in [6, 6.07) is 1.84. The molecular formula is C11H15BrCl2N2. The quantitative estimate of drug-likeness (QED) is 0.580. The van der Waals surface area contributed by atoms with Crippen LogP contribution in [0.25, 0.3) is 0 Å². The molecule has 0 aromatic carbocycles. The van der Waals surface area contributed by atoms with E-state index in [2.05, 4.69) is 26.2 Å². The van der Waals surface area contributed by atoms with Crippen molar-refractivity contribution < 1.29 is 0 Å². The molecule has 5 heteroatoms. The fourth-order valence-electron chi connectivity index (χ4n) is 1.32. The van der Waals surface area contributed by atoms with Gasteiger partial charge in [0.05, 0.1) is 5.02 Å². The van der Waals surface area contributed by atoms with E-state index in [1.807, 2.05) is 6.07 Å². The van der Waals surface area contributed by atoms with Gasteiger partial charge < -0.3 is 5.32 Å². The van der Waals surface area contributed by atoms with Crippen molar-refractivity contribution in [1.82, 2.24) is 4.98 Å². The van der Waals surface area contributed by atoms with Gasteiger partial charge in [-0.25, -0.2) is 4.98 Å². The number of nitrogens with one attached hydrogen (secondary N) is 1. The molecule has 0 aliphatic carbocycles. The van der Waals surface area contributed by atoms with E-state index in [-0.39, 0.29) is 0 Å². The lowest BCUT2D eigenvalue weighted by Crippen LogP contribution is -2.03. The molecule has 0 fully saturated rings. The number of halogens is 3. The molecule has 0 aliphatic heterocycles. The van der Waals surface area contributed by atoms with Crippen molar-refractivity contribution in [3.63, 3.8) is 0 Å². The van der Waals surface area contributed by atoms with Crippen LogP contribution >= 0.6 is 39.1 Å². The monoisotopic (exact) mass is 324 g/mol. The van der Waals surface area contributed by atoms with Gasteiger partial charge in [-0.05, 0) is 34.8 Å². The van der Waals surface area contributed by atoms with Gasteiger partial charge in [0.25, 0.3) is 0 Å². The van der Waals surface area contributed by atoms with Gasteiger partial charge in [0.15, 0.2) is 0 Å². The van der Waals surface area contributed by atoms with Gasteiger partial charge in [-0.2, -0.15) is 0 Å². The first kappa shape index (κ1) is 14.1. The number of rotatable bonds is 7. The van der Waals surface area contributed by atoms with E-state index in [4.69, 9.17) is 23.2 Å². The highest BCUT2D eigenvalue weighted by atomic mass is 79.9. The maximum absolute atomic E-state index is 6.02. The lowest BCUT2D eigenvalue weighted by Gasteiger charge is -2.07. The molecule has 0 spiro atoms. The van der Waals surface area contributed by atoms with E-state index in [0.717, 1.165) is 35.6 Å². The van der Waals surface area contributed by atoms with E-state index >= 15 is 0 Å². The third-order valence-electron chi connectivity index (χ3n) is 2.16. The van der Waals surface area contributed by atoms with Crippen LogP contribution in [0.4, 0.5) is 5.82 Å². The van der Waals surface area contributed by atoms with Crippen LogP contribution in [0.2, 0.25) is 5.02 Å². The van der Waals surface area contributed by atoms with Crippen LogP contribution in [0.3, 0.4) is 0 Å². The van der Waals surface area contributed by atoms with Crippen molar-refractivity contribution >= 4 is 44.9 Å². The highest BCUT2D eigenvalue weighted by molar-refractivity contribution is 9.10. The summed E-state index contributed by atoms with van der Waals surface area (Å²) >= 11 is 14.9. The van der Waals surface area contributed by atoms with Crippen LogP contribution in [-0.4, -0.2) is 17.4 Å². The molecule has 1 rings (SSSR count). The fraction of sp³-hybridized carbons (Fsp3) is 0.545. The predicted molar refractivity (Wildman–Crippen MR) is 74.6 cm³/mol. The molecule has 16 heavy (non-hydrogen) atoms. The second kappa shape index (κ2) is 8.15. The summed E-state index contributed by atoms with van der Waals surface area (Å²) < 4.78 is 0.894. The van der Waals surface area contributed by atoms with Crippen molar-refractivity contribution in [3.05, 3.63) is 21.8 Å². The number of pyridine rings is 1. The summed E-state index contributed by atoms with van der Waals surface area (Å²) in [4.78, 5) is 4.20. The molecule has 0 saturated heterocycles. The van der Waals surface area contributed by atoms with Crippen molar-refractivity contribution in [2.45, 2.75) is 25.7 Å². The molecule has 0 bridgehead atoms. The predicted octanol–water partition coefficient (Wildman–Crippen LogP) is 4.71. The summed E-state index contributed by atoms with van der Waals surface area (Å²) in [6.07, 6.45) is 6.33. The number of anilines is 1. The summed E-state index contributed by atoms with van der Waals surface area (Å²) in [5.41, 5.74) is 0. The average Bonchev–Trinajstić information content (AvgIpc) is 2.26. The van der Waals surface area contributed by atoms with Crippen LogP contribution in [0, 0.1) is 0 Å². The normalized spacial score (nSPS) is 10.4. The number of unbranched alkanes of at least 4 members (excludes halogenated alkanes) is 3. The Morgan fingerprint density at radius 1 is 1.25 bits per heavy atom. The highest BCUT2D eigenvalue weighted by Gasteiger charge is 2.01. The molecule has 0 amide bonds. The Bertz CT molecular complexity index is 321. The summed E-state index contributed by atoms with van der Waals surface area (Å²) in [5.74, 6) is 1.51. The third-order valence-corrected chi connectivity index (χ3v) is 3.15. The van der Waals surface area contributed by atoms with Crippen molar-refractivity contribution in [1.29, 1.82) is 0 Å². The van der Waals surface area contributed by atoms with Gasteiger partial charge in [-0.15, -0.1) is 11.6 Å². The van der Waals surface area contributed by atoms with Crippen molar-refractivity contribution in [2.24, 2.45) is 0 Å². The molecule has 0 radical (unpaired) electrons. The Hall–Kier alpha value is 0.01000. The van der Waals surface area contributed by atoms with E-state index in [9.17, 15) is 0 Å². The van der Waals surface area contributed by atoms with Crippen LogP contribution in [0.5, 0.6) is 0 Å². The van der Waals surface area contributed by atoms with Gasteiger partial charge in [-0.1, -0.05) is 24.4 Å². The van der Waals surface area contributed by atoms with Gasteiger partial charge >= 0.3 is 0 Å². The molecule has 2 nitrogen and oxygen atoms in total. The standard InChI is InChI=1S/C11H15BrCl2N2/c12-9-7-10(14)11(16-8-9)15-6-4-2-1-3-5-13/h7-8H,1-6H2,(H,15,16). The van der Waals surface area contributed by atoms with Crippen LogP contribution in [-0.2, 0) is 0 Å². The number of nitrogens with zero attached hydrogens (tertiary/aromatic N) is 1. The molecule has 90 valence electrons. The third kappa shape index (κ3) is 5.37. The maximum Gasteiger partial charge on any atom is 0.144 e. The molecule has 0 unspecified atom stereocenters. The minimum Gasteiger partial charge on any atom is -0.369 e. The number of hydrogen-bond acceptors (Lipinski definition) is 2. The summed E-state index contributed by atoms with van der Waals surface area (Å²) in [6.45, 7) is 0.899. The Balaban J connectivity index is 2.21. The molecule has 0 atom stereocenters. The van der Waals surface area contributed by atoms with Gasteiger partial charge in [0.2, 0.25) is 0 Å². The minimum absolute atomic E-state index is 0.648. The van der Waals surface area contributed by atoms with Crippen LogP contribution in [0.1, 0.15) is 25.7 Å². The first-order valence-electron chi connectivity index (χ1n) is 5.35. The lowest BCUT2D eigenvalue weighted by molar-refractivity contribution is 0.687. The van der Waals surface area contributed by atoms with Crippen LogP contribution < -0.4 is 5.32 Å². The zero-order valence-electron chi connectivity index (χ0n) is 8.98. The second-order valence-corrected chi connectivity index (χ2v) is 5.21. The molecule has 0 aliphatic rings. The maximum atomic E-state index is 6.02.